The van der Waals surface area contributed by atoms with E-state index in [-0.39, 0.29) is 11.9 Å². The summed E-state index contributed by atoms with van der Waals surface area (Å²) < 4.78 is 0. The minimum Gasteiger partial charge on any atom is -0.338 e. The Morgan fingerprint density at radius 3 is 1.56 bits per heavy atom. The number of hydrogen-bond acceptors (Lipinski definition) is 2. The van der Waals surface area contributed by atoms with Gasteiger partial charge in [-0.3, -0.25) is 9.69 Å². The van der Waals surface area contributed by atoms with Crippen LogP contribution in [-0.2, 0) is 10.2 Å². The molecule has 5 nitrogen and oxygen atoms in total. The monoisotopic (exact) mass is 453 g/mol. The fraction of sp³-hybridized carbons (Fsp3) is 0.310. The zero-order chi connectivity index (χ0) is 23.4. The number of nitrogens with zero attached hydrogens (tertiary/aromatic N) is 3. The Morgan fingerprint density at radius 2 is 1.06 bits per heavy atom. The van der Waals surface area contributed by atoms with Gasteiger partial charge in [0.15, 0.2) is 0 Å². The van der Waals surface area contributed by atoms with Gasteiger partial charge in [-0.05, 0) is 42.7 Å². The third-order valence-corrected chi connectivity index (χ3v) is 7.25. The van der Waals surface area contributed by atoms with Gasteiger partial charge in [-0.1, -0.05) is 79.6 Å². The molecule has 0 unspecified atom stereocenters. The van der Waals surface area contributed by atoms with Crippen molar-refractivity contribution in [2.45, 2.75) is 31.1 Å². The molecule has 0 N–H and O–H groups in total. The fourth-order valence-electron chi connectivity index (χ4n) is 5.43. The van der Waals surface area contributed by atoms with Crippen LogP contribution in [0.3, 0.4) is 0 Å². The number of hydrogen-bond donors (Lipinski definition) is 0. The predicted molar refractivity (Wildman–Crippen MR) is 135 cm³/mol. The van der Waals surface area contributed by atoms with E-state index in [1.807, 2.05) is 88.7 Å². The standard InChI is InChI=1S/C29H31N3O2/c33-27(29(18-10-11-19-29)24-12-4-1-5-13-24)30-20-22-31(23-21-30)28(34)32(25-14-6-2-7-15-25)26-16-8-3-9-17-26/h1-9,12-17H,10-11,18-23H2. The topological polar surface area (TPSA) is 43.9 Å². The van der Waals surface area contributed by atoms with E-state index in [2.05, 4.69) is 12.1 Å². The van der Waals surface area contributed by atoms with Crippen LogP contribution in [0.25, 0.3) is 0 Å². The molecule has 1 heterocycles. The lowest BCUT2D eigenvalue weighted by Gasteiger charge is -2.41. The second kappa shape index (κ2) is 9.72. The number of para-hydroxylation sites is 2. The van der Waals surface area contributed by atoms with Crippen molar-refractivity contribution in [3.63, 3.8) is 0 Å². The van der Waals surface area contributed by atoms with E-state index < -0.39 is 5.41 Å². The summed E-state index contributed by atoms with van der Waals surface area (Å²) >= 11 is 0. The van der Waals surface area contributed by atoms with E-state index in [0.717, 1.165) is 42.6 Å². The summed E-state index contributed by atoms with van der Waals surface area (Å²) in [6.07, 6.45) is 3.99. The second-order valence-electron chi connectivity index (χ2n) is 9.22. The number of carbonyl (C=O) groups is 2. The van der Waals surface area contributed by atoms with Crippen molar-refractivity contribution in [1.82, 2.24) is 9.80 Å². The Kier molecular flexibility index (Phi) is 6.35. The highest BCUT2D eigenvalue weighted by Crippen LogP contribution is 2.42. The molecule has 1 aliphatic carbocycles. The normalized spacial score (nSPS) is 17.4. The Balaban J connectivity index is 1.32. The number of carbonyl (C=O) groups excluding carboxylic acids is 2. The van der Waals surface area contributed by atoms with Gasteiger partial charge in [0.1, 0.15) is 0 Å². The molecule has 5 heteroatoms. The van der Waals surface area contributed by atoms with Gasteiger partial charge in [-0.25, -0.2) is 4.79 Å². The summed E-state index contributed by atoms with van der Waals surface area (Å²) in [6, 6.07) is 29.7. The summed E-state index contributed by atoms with van der Waals surface area (Å²) in [5.41, 5.74) is 2.40. The number of urea groups is 1. The second-order valence-corrected chi connectivity index (χ2v) is 9.22. The van der Waals surface area contributed by atoms with Crippen molar-refractivity contribution in [3.05, 3.63) is 96.6 Å². The van der Waals surface area contributed by atoms with Crippen LogP contribution < -0.4 is 4.90 Å². The zero-order valence-electron chi connectivity index (χ0n) is 19.5. The Morgan fingerprint density at radius 1 is 0.618 bits per heavy atom. The van der Waals surface area contributed by atoms with Gasteiger partial charge in [0, 0.05) is 26.2 Å². The lowest BCUT2D eigenvalue weighted by Crippen LogP contribution is -2.56. The van der Waals surface area contributed by atoms with Gasteiger partial charge in [0.05, 0.1) is 16.8 Å². The third-order valence-electron chi connectivity index (χ3n) is 7.25. The van der Waals surface area contributed by atoms with Crippen LogP contribution >= 0.6 is 0 Å². The lowest BCUT2D eigenvalue weighted by atomic mass is 9.77. The first kappa shape index (κ1) is 22.2. The highest BCUT2D eigenvalue weighted by molar-refractivity contribution is 5.99. The average molecular weight is 454 g/mol. The molecule has 174 valence electrons. The van der Waals surface area contributed by atoms with Gasteiger partial charge in [0.2, 0.25) is 5.91 Å². The van der Waals surface area contributed by atoms with Gasteiger partial charge in [0.25, 0.3) is 0 Å². The van der Waals surface area contributed by atoms with E-state index in [9.17, 15) is 9.59 Å². The van der Waals surface area contributed by atoms with Crippen molar-refractivity contribution in [2.75, 3.05) is 31.1 Å². The summed E-state index contributed by atoms with van der Waals surface area (Å²) in [6.45, 7) is 2.20. The molecule has 1 aliphatic heterocycles. The Hall–Kier alpha value is -3.60. The Labute approximate surface area is 201 Å². The van der Waals surface area contributed by atoms with Crippen LogP contribution in [0.2, 0.25) is 0 Å². The summed E-state index contributed by atoms with van der Waals surface area (Å²) in [5.74, 6) is 0.228. The number of benzene rings is 3. The maximum absolute atomic E-state index is 13.8. The molecule has 1 saturated heterocycles. The molecule has 2 fully saturated rings. The molecule has 3 amide bonds. The predicted octanol–water partition coefficient (Wildman–Crippen LogP) is 5.60. The molecule has 0 aromatic heterocycles. The molecular weight excluding hydrogens is 422 g/mol. The molecule has 2 aliphatic rings. The first-order valence-corrected chi connectivity index (χ1v) is 12.2. The molecule has 0 spiro atoms. The van der Waals surface area contributed by atoms with Crippen molar-refractivity contribution in [2.24, 2.45) is 0 Å². The molecule has 5 rings (SSSR count). The van der Waals surface area contributed by atoms with Crippen LogP contribution in [0.15, 0.2) is 91.0 Å². The Bertz CT molecular complexity index is 1060. The first-order valence-electron chi connectivity index (χ1n) is 12.2. The minimum atomic E-state index is -0.409. The summed E-state index contributed by atoms with van der Waals surface area (Å²) in [5, 5.41) is 0. The third kappa shape index (κ3) is 4.18. The molecule has 0 bridgehead atoms. The van der Waals surface area contributed by atoms with E-state index >= 15 is 0 Å². The first-order chi connectivity index (χ1) is 16.7. The number of piperazine rings is 1. The van der Waals surface area contributed by atoms with Crippen LogP contribution in [0, 0.1) is 0 Å². The van der Waals surface area contributed by atoms with Crippen molar-refractivity contribution in [3.8, 4) is 0 Å². The molecule has 0 radical (unpaired) electrons. The van der Waals surface area contributed by atoms with E-state index in [1.54, 1.807) is 4.90 Å². The zero-order valence-corrected chi connectivity index (χ0v) is 19.5. The molecule has 1 saturated carbocycles. The van der Waals surface area contributed by atoms with Crippen LogP contribution in [0.1, 0.15) is 31.2 Å². The van der Waals surface area contributed by atoms with Crippen molar-refractivity contribution < 1.29 is 9.59 Å². The van der Waals surface area contributed by atoms with Gasteiger partial charge >= 0.3 is 6.03 Å². The van der Waals surface area contributed by atoms with Crippen molar-refractivity contribution >= 4 is 23.3 Å². The fourth-order valence-corrected chi connectivity index (χ4v) is 5.43. The van der Waals surface area contributed by atoms with Crippen molar-refractivity contribution in [1.29, 1.82) is 0 Å². The average Bonchev–Trinajstić information content (AvgIpc) is 3.42. The highest BCUT2D eigenvalue weighted by Gasteiger charge is 2.45. The highest BCUT2D eigenvalue weighted by atomic mass is 16.2. The van der Waals surface area contributed by atoms with Crippen LogP contribution in [-0.4, -0.2) is 47.9 Å². The molecule has 3 aromatic carbocycles. The number of rotatable bonds is 4. The largest absolute Gasteiger partial charge is 0.338 e. The van der Waals surface area contributed by atoms with E-state index in [1.165, 1.54) is 0 Å². The van der Waals surface area contributed by atoms with Crippen LogP contribution in [0.4, 0.5) is 16.2 Å². The maximum atomic E-state index is 13.8. The van der Waals surface area contributed by atoms with Gasteiger partial charge in [-0.2, -0.15) is 0 Å². The summed E-state index contributed by atoms with van der Waals surface area (Å²) in [7, 11) is 0. The maximum Gasteiger partial charge on any atom is 0.329 e. The van der Waals surface area contributed by atoms with E-state index in [4.69, 9.17) is 0 Å². The quantitative estimate of drug-likeness (QED) is 0.516. The molecular formula is C29H31N3O2. The smallest absolute Gasteiger partial charge is 0.329 e. The molecule has 34 heavy (non-hydrogen) atoms. The minimum absolute atomic E-state index is 0.0526. The lowest BCUT2D eigenvalue weighted by molar-refractivity contribution is -0.138. The molecule has 3 aromatic rings. The van der Waals surface area contributed by atoms with E-state index in [0.29, 0.717) is 26.2 Å². The van der Waals surface area contributed by atoms with Gasteiger partial charge in [-0.15, -0.1) is 0 Å². The van der Waals surface area contributed by atoms with Crippen LogP contribution in [0.5, 0.6) is 0 Å². The summed E-state index contributed by atoms with van der Waals surface area (Å²) in [4.78, 5) is 33.1. The SMILES string of the molecule is O=C(N1CCN(C(=O)C2(c3ccccc3)CCCC2)CC1)N(c1ccccc1)c1ccccc1. The number of anilines is 2. The number of amides is 3. The molecule has 0 atom stereocenters. The van der Waals surface area contributed by atoms with Gasteiger partial charge < -0.3 is 9.80 Å².